The lowest BCUT2D eigenvalue weighted by molar-refractivity contribution is 0.0213. The number of hydrogen-bond donors (Lipinski definition) is 3. The lowest BCUT2D eigenvalue weighted by Crippen LogP contribution is -2.40. The zero-order valence-corrected chi connectivity index (χ0v) is 15.9. The van der Waals surface area contributed by atoms with Crippen LogP contribution >= 0.6 is 0 Å². The Bertz CT molecular complexity index is 617. The summed E-state index contributed by atoms with van der Waals surface area (Å²) in [5, 5.41) is 14.9. The maximum Gasteiger partial charge on any atom is 0.165 e. The maximum absolute atomic E-state index is 14.2. The van der Waals surface area contributed by atoms with Crippen molar-refractivity contribution < 1.29 is 14.2 Å². The number of nitrogens with zero attached hydrogens (tertiary/aromatic N) is 1. The van der Waals surface area contributed by atoms with Gasteiger partial charge in [-0.15, -0.1) is 0 Å². The minimum Gasteiger partial charge on any atom is -0.490 e. The summed E-state index contributed by atoms with van der Waals surface area (Å²) in [7, 11) is 0. The second kappa shape index (κ2) is 9.33. The van der Waals surface area contributed by atoms with Crippen molar-refractivity contribution in [2.75, 3.05) is 6.61 Å². The number of rotatable bonds is 9. The Morgan fingerprint density at radius 1 is 1.38 bits per heavy atom. The largest absolute Gasteiger partial charge is 0.490 e. The normalized spacial score (nSPS) is 19.3. The van der Waals surface area contributed by atoms with Gasteiger partial charge < -0.3 is 21.4 Å². The molecule has 1 aliphatic rings. The number of hydrogen-bond acceptors (Lipinski definition) is 5. The molecule has 5 nitrogen and oxygen atoms in total. The molecular formula is C20H32FN3O2. The van der Waals surface area contributed by atoms with Gasteiger partial charge in [-0.05, 0) is 49.3 Å². The van der Waals surface area contributed by atoms with Crippen LogP contribution in [0.1, 0.15) is 64.4 Å². The topological polar surface area (TPSA) is 93.9 Å². The van der Waals surface area contributed by atoms with Gasteiger partial charge in [0.05, 0.1) is 17.9 Å². The second-order valence-electron chi connectivity index (χ2n) is 7.28. The lowest BCUT2D eigenvalue weighted by atomic mass is 9.83. The Morgan fingerprint density at radius 2 is 2.08 bits per heavy atom. The van der Waals surface area contributed by atoms with Crippen LogP contribution in [0.25, 0.3) is 0 Å². The summed E-state index contributed by atoms with van der Waals surface area (Å²) in [6, 6.07) is 4.09. The van der Waals surface area contributed by atoms with Crippen LogP contribution in [0.2, 0.25) is 0 Å². The first-order valence-electron chi connectivity index (χ1n) is 9.61. The molecule has 2 atom stereocenters. The molecule has 1 aromatic carbocycles. The third-order valence-corrected chi connectivity index (χ3v) is 5.52. The quantitative estimate of drug-likeness (QED) is 0.355. The van der Waals surface area contributed by atoms with E-state index in [9.17, 15) is 9.50 Å². The summed E-state index contributed by atoms with van der Waals surface area (Å²) in [5.41, 5.74) is 6.23. The van der Waals surface area contributed by atoms with Crippen LogP contribution in [-0.4, -0.2) is 23.5 Å². The van der Waals surface area contributed by atoms with Crippen molar-refractivity contribution in [1.29, 1.82) is 0 Å². The van der Waals surface area contributed by atoms with E-state index in [0.29, 0.717) is 36.6 Å². The lowest BCUT2D eigenvalue weighted by Gasteiger charge is -2.31. The van der Waals surface area contributed by atoms with E-state index in [0.717, 1.165) is 12.8 Å². The van der Waals surface area contributed by atoms with Crippen molar-refractivity contribution in [3.63, 3.8) is 0 Å². The van der Waals surface area contributed by atoms with Gasteiger partial charge in [-0.2, -0.15) is 5.10 Å². The van der Waals surface area contributed by atoms with Gasteiger partial charge >= 0.3 is 0 Å². The average molecular weight is 365 g/mol. The molecule has 2 rings (SSSR count). The van der Waals surface area contributed by atoms with Gasteiger partial charge in [-0.1, -0.05) is 32.8 Å². The van der Waals surface area contributed by atoms with Crippen LogP contribution in [0.15, 0.2) is 23.3 Å². The summed E-state index contributed by atoms with van der Waals surface area (Å²) in [4.78, 5) is 0. The van der Waals surface area contributed by atoms with E-state index in [4.69, 9.17) is 16.3 Å². The molecule has 1 saturated carbocycles. The molecule has 6 heteroatoms. The first-order valence-corrected chi connectivity index (χ1v) is 9.61. The van der Waals surface area contributed by atoms with Gasteiger partial charge in [-0.3, -0.25) is 0 Å². The minimum atomic E-state index is -1.19. The molecule has 1 aliphatic carbocycles. The molecule has 1 fully saturated rings. The summed E-state index contributed by atoms with van der Waals surface area (Å²) in [6.07, 6.45) is 6.02. The Labute approximate surface area is 155 Å². The third-order valence-electron chi connectivity index (χ3n) is 5.52. The fourth-order valence-electron chi connectivity index (χ4n) is 3.69. The SMILES string of the molecule is CC/C(=N/N)C(N)C[C@@](O)(CC)c1ccc(F)c(OCC2CCCC2)c1. The smallest absolute Gasteiger partial charge is 0.165 e. The molecule has 5 N–H and O–H groups in total. The molecule has 26 heavy (non-hydrogen) atoms. The molecule has 1 aromatic rings. The van der Waals surface area contributed by atoms with Gasteiger partial charge in [0.15, 0.2) is 11.6 Å². The molecule has 0 bridgehead atoms. The fourth-order valence-corrected chi connectivity index (χ4v) is 3.69. The van der Waals surface area contributed by atoms with Crippen molar-refractivity contribution in [2.24, 2.45) is 22.6 Å². The van der Waals surface area contributed by atoms with Gasteiger partial charge in [0, 0.05) is 12.5 Å². The molecule has 0 spiro atoms. The number of hydrazone groups is 1. The standard InChI is InChI=1S/C20H32FN3O2/c1-3-18(24-23)17(22)12-20(25,4-2)15-9-10-16(21)19(11-15)26-13-14-7-5-6-8-14/h9-11,14,17,25H,3-8,12-13,22-23H2,1-2H3/b24-18-/t17?,20-/m0/s1. The second-order valence-corrected chi connectivity index (χ2v) is 7.28. The van der Waals surface area contributed by atoms with E-state index in [1.54, 1.807) is 12.1 Å². The maximum atomic E-state index is 14.2. The average Bonchev–Trinajstić information content (AvgIpc) is 3.15. The minimum absolute atomic E-state index is 0.193. The summed E-state index contributed by atoms with van der Waals surface area (Å²) in [5.74, 6) is 5.66. The number of halogens is 1. The van der Waals surface area contributed by atoms with E-state index in [1.807, 2.05) is 13.8 Å². The Kier molecular flexibility index (Phi) is 7.41. The molecular weight excluding hydrogens is 333 g/mol. The highest BCUT2D eigenvalue weighted by molar-refractivity contribution is 5.89. The zero-order valence-electron chi connectivity index (χ0n) is 15.9. The van der Waals surface area contributed by atoms with Crippen molar-refractivity contribution >= 4 is 5.71 Å². The van der Waals surface area contributed by atoms with E-state index in [-0.39, 0.29) is 12.2 Å². The molecule has 146 valence electrons. The third kappa shape index (κ3) is 4.95. The van der Waals surface area contributed by atoms with Gasteiger partial charge in [0.25, 0.3) is 0 Å². The predicted molar refractivity (Wildman–Crippen MR) is 103 cm³/mol. The summed E-state index contributed by atoms with van der Waals surface area (Å²) < 4.78 is 19.9. The number of benzene rings is 1. The number of ether oxygens (including phenoxy) is 1. The highest BCUT2D eigenvalue weighted by Crippen LogP contribution is 2.34. The van der Waals surface area contributed by atoms with E-state index < -0.39 is 17.5 Å². The first-order chi connectivity index (χ1) is 12.4. The molecule has 0 radical (unpaired) electrons. The van der Waals surface area contributed by atoms with Crippen LogP contribution in [0.5, 0.6) is 5.75 Å². The monoisotopic (exact) mass is 365 g/mol. The summed E-state index contributed by atoms with van der Waals surface area (Å²) in [6.45, 7) is 4.31. The highest BCUT2D eigenvalue weighted by Gasteiger charge is 2.32. The highest BCUT2D eigenvalue weighted by atomic mass is 19.1. The zero-order chi connectivity index (χ0) is 19.2. The fraction of sp³-hybridized carbons (Fsp3) is 0.650. The van der Waals surface area contributed by atoms with Crippen LogP contribution in [0, 0.1) is 11.7 Å². The summed E-state index contributed by atoms with van der Waals surface area (Å²) >= 11 is 0. The van der Waals surface area contributed by atoms with Crippen LogP contribution < -0.4 is 16.3 Å². The number of nitrogens with two attached hydrogens (primary N) is 2. The molecule has 0 amide bonds. The van der Waals surface area contributed by atoms with Gasteiger partial charge in [0.2, 0.25) is 0 Å². The van der Waals surface area contributed by atoms with Crippen LogP contribution in [-0.2, 0) is 5.60 Å². The molecule has 0 aromatic heterocycles. The molecule has 0 saturated heterocycles. The van der Waals surface area contributed by atoms with Crippen LogP contribution in [0.3, 0.4) is 0 Å². The van der Waals surface area contributed by atoms with E-state index >= 15 is 0 Å². The van der Waals surface area contributed by atoms with Crippen LogP contribution in [0.4, 0.5) is 4.39 Å². The predicted octanol–water partition coefficient (Wildman–Crippen LogP) is 3.43. The molecule has 1 unspecified atom stereocenters. The number of aliphatic hydroxyl groups is 1. The van der Waals surface area contributed by atoms with Gasteiger partial charge in [-0.25, -0.2) is 4.39 Å². The van der Waals surface area contributed by atoms with Crippen molar-refractivity contribution in [1.82, 2.24) is 0 Å². The van der Waals surface area contributed by atoms with Crippen molar-refractivity contribution in [3.05, 3.63) is 29.6 Å². The van der Waals surface area contributed by atoms with Crippen molar-refractivity contribution in [2.45, 2.75) is 70.4 Å². The van der Waals surface area contributed by atoms with E-state index in [2.05, 4.69) is 5.10 Å². The van der Waals surface area contributed by atoms with Crippen molar-refractivity contribution in [3.8, 4) is 5.75 Å². The molecule has 0 aliphatic heterocycles. The van der Waals surface area contributed by atoms with Gasteiger partial charge in [0.1, 0.15) is 0 Å². The first kappa shape index (κ1) is 20.6. The Balaban J connectivity index is 2.16. The van der Waals surface area contributed by atoms with E-state index in [1.165, 1.54) is 18.9 Å². The molecule has 0 heterocycles. The Morgan fingerprint density at radius 3 is 2.65 bits per heavy atom. The Hall–Kier alpha value is -1.66.